The van der Waals surface area contributed by atoms with E-state index in [9.17, 15) is 10.4 Å². The van der Waals surface area contributed by atoms with E-state index in [1.54, 1.807) is 4.52 Å². The third kappa shape index (κ3) is 5.68. The zero-order valence-corrected chi connectivity index (χ0v) is 19.8. The fourth-order valence-electron chi connectivity index (χ4n) is 4.07. The van der Waals surface area contributed by atoms with Crippen molar-refractivity contribution in [3.63, 3.8) is 0 Å². The standard InChI is InChI=1S/C23H27Cl2N7O/c24-6-10-31(11-7-25)20-3-1-2-18(12-20)28-22-13-19(16-30-8-4-21(33)5-9-30)29-23-17(14-26)15-27-32(22)23/h1-3,12-13,15,21,28,33H,4-11,16H2. The van der Waals surface area contributed by atoms with Gasteiger partial charge in [0.25, 0.3) is 0 Å². The van der Waals surface area contributed by atoms with Crippen molar-refractivity contribution in [3.8, 4) is 6.07 Å². The molecule has 10 heteroatoms. The Labute approximate surface area is 203 Å². The van der Waals surface area contributed by atoms with Gasteiger partial charge >= 0.3 is 0 Å². The molecule has 0 unspecified atom stereocenters. The lowest BCUT2D eigenvalue weighted by Gasteiger charge is -2.29. The van der Waals surface area contributed by atoms with E-state index in [0.29, 0.717) is 42.6 Å². The molecule has 0 saturated carbocycles. The van der Waals surface area contributed by atoms with Crippen LogP contribution in [0.25, 0.3) is 5.65 Å². The van der Waals surface area contributed by atoms with Crippen LogP contribution >= 0.6 is 23.2 Å². The van der Waals surface area contributed by atoms with E-state index in [1.165, 1.54) is 6.20 Å². The van der Waals surface area contributed by atoms with E-state index in [0.717, 1.165) is 48.8 Å². The Morgan fingerprint density at radius 1 is 1.18 bits per heavy atom. The van der Waals surface area contributed by atoms with E-state index < -0.39 is 0 Å². The Kier molecular flexibility index (Phi) is 7.89. The number of hydrogen-bond donors (Lipinski definition) is 2. The summed E-state index contributed by atoms with van der Waals surface area (Å²) in [7, 11) is 0. The number of aliphatic hydroxyl groups is 1. The molecule has 0 amide bonds. The smallest absolute Gasteiger partial charge is 0.175 e. The van der Waals surface area contributed by atoms with Crippen molar-refractivity contribution >= 4 is 46.0 Å². The van der Waals surface area contributed by atoms with Crippen molar-refractivity contribution in [1.29, 1.82) is 5.26 Å². The van der Waals surface area contributed by atoms with Crippen LogP contribution in [0.3, 0.4) is 0 Å². The molecule has 0 atom stereocenters. The minimum absolute atomic E-state index is 0.224. The van der Waals surface area contributed by atoms with Gasteiger partial charge in [-0.3, -0.25) is 4.90 Å². The van der Waals surface area contributed by atoms with Gasteiger partial charge in [0.1, 0.15) is 17.5 Å². The Bertz CT molecular complexity index is 1120. The summed E-state index contributed by atoms with van der Waals surface area (Å²) in [6.45, 7) is 3.70. The van der Waals surface area contributed by atoms with E-state index in [2.05, 4.69) is 26.3 Å². The normalized spacial score (nSPS) is 15.0. The van der Waals surface area contributed by atoms with Crippen LogP contribution in [0.2, 0.25) is 0 Å². The number of nitrogens with zero attached hydrogens (tertiary/aromatic N) is 6. The number of anilines is 3. The predicted octanol–water partition coefficient (Wildman–Crippen LogP) is 3.59. The number of fused-ring (bicyclic) bond motifs is 1. The van der Waals surface area contributed by atoms with Crippen LogP contribution in [-0.4, -0.2) is 68.6 Å². The van der Waals surface area contributed by atoms with Crippen LogP contribution in [-0.2, 0) is 6.54 Å². The van der Waals surface area contributed by atoms with Gasteiger partial charge in [-0.25, -0.2) is 4.98 Å². The number of aromatic nitrogens is 3. The summed E-state index contributed by atoms with van der Waals surface area (Å²) < 4.78 is 1.66. The molecule has 1 aliphatic heterocycles. The van der Waals surface area contributed by atoms with Crippen molar-refractivity contribution in [2.24, 2.45) is 0 Å². The number of hydrogen-bond acceptors (Lipinski definition) is 7. The molecular formula is C23H27Cl2N7O. The summed E-state index contributed by atoms with van der Waals surface area (Å²) in [6.07, 6.45) is 2.83. The monoisotopic (exact) mass is 487 g/mol. The van der Waals surface area contributed by atoms with E-state index >= 15 is 0 Å². The molecule has 8 nitrogen and oxygen atoms in total. The first-order valence-corrected chi connectivity index (χ1v) is 12.1. The second-order valence-corrected chi connectivity index (χ2v) is 8.84. The number of nitriles is 1. The van der Waals surface area contributed by atoms with Gasteiger partial charge in [-0.2, -0.15) is 14.9 Å². The molecule has 0 aliphatic carbocycles. The molecule has 1 saturated heterocycles. The summed E-state index contributed by atoms with van der Waals surface area (Å²) in [5.41, 5.74) is 3.71. The Morgan fingerprint density at radius 3 is 2.64 bits per heavy atom. The van der Waals surface area contributed by atoms with Gasteiger partial charge < -0.3 is 15.3 Å². The largest absolute Gasteiger partial charge is 0.393 e. The highest BCUT2D eigenvalue weighted by Gasteiger charge is 2.19. The van der Waals surface area contributed by atoms with Gasteiger partial charge in [0, 0.05) is 61.9 Å². The van der Waals surface area contributed by atoms with Crippen molar-refractivity contribution in [2.75, 3.05) is 48.2 Å². The van der Waals surface area contributed by atoms with Crippen LogP contribution in [0, 0.1) is 11.3 Å². The molecule has 0 spiro atoms. The molecule has 1 fully saturated rings. The predicted molar refractivity (Wildman–Crippen MR) is 132 cm³/mol. The number of aliphatic hydroxyl groups excluding tert-OH is 1. The third-order valence-corrected chi connectivity index (χ3v) is 6.12. The third-order valence-electron chi connectivity index (χ3n) is 5.78. The number of rotatable bonds is 9. The van der Waals surface area contributed by atoms with Crippen molar-refractivity contribution in [1.82, 2.24) is 19.5 Å². The van der Waals surface area contributed by atoms with E-state index in [1.807, 2.05) is 30.3 Å². The number of nitrogens with one attached hydrogen (secondary N) is 1. The second kappa shape index (κ2) is 11.0. The van der Waals surface area contributed by atoms with Crippen LogP contribution in [0.15, 0.2) is 36.5 Å². The molecule has 33 heavy (non-hydrogen) atoms. The molecule has 2 aromatic heterocycles. The maximum atomic E-state index is 9.79. The van der Waals surface area contributed by atoms with E-state index in [4.69, 9.17) is 28.2 Å². The number of piperidine rings is 1. The molecule has 1 aliphatic rings. The van der Waals surface area contributed by atoms with Crippen molar-refractivity contribution < 1.29 is 5.11 Å². The Hall–Kier alpha value is -2.57. The number of benzene rings is 1. The van der Waals surface area contributed by atoms with Gasteiger partial charge in [-0.1, -0.05) is 6.07 Å². The fraction of sp³-hybridized carbons (Fsp3) is 0.435. The van der Waals surface area contributed by atoms with Crippen LogP contribution in [0.5, 0.6) is 0 Å². The Morgan fingerprint density at radius 2 is 1.94 bits per heavy atom. The average Bonchev–Trinajstić information content (AvgIpc) is 3.24. The van der Waals surface area contributed by atoms with Gasteiger partial charge in [0.15, 0.2) is 5.65 Å². The molecule has 2 N–H and O–H groups in total. The van der Waals surface area contributed by atoms with Crippen LogP contribution < -0.4 is 10.2 Å². The zero-order chi connectivity index (χ0) is 23.2. The molecule has 4 rings (SSSR count). The first-order valence-electron chi connectivity index (χ1n) is 11.0. The number of alkyl halides is 2. The maximum absolute atomic E-state index is 9.79. The molecule has 3 heterocycles. The first-order chi connectivity index (χ1) is 16.1. The highest BCUT2D eigenvalue weighted by Crippen LogP contribution is 2.25. The van der Waals surface area contributed by atoms with Crippen molar-refractivity contribution in [3.05, 3.63) is 47.8 Å². The summed E-state index contributed by atoms with van der Waals surface area (Å²) in [6, 6.07) is 12.2. The lowest BCUT2D eigenvalue weighted by atomic mass is 10.1. The minimum Gasteiger partial charge on any atom is -0.393 e. The molecule has 0 bridgehead atoms. The summed E-state index contributed by atoms with van der Waals surface area (Å²) >= 11 is 12.0. The highest BCUT2D eigenvalue weighted by molar-refractivity contribution is 6.18. The lowest BCUT2D eigenvalue weighted by Crippen LogP contribution is -2.35. The minimum atomic E-state index is -0.224. The van der Waals surface area contributed by atoms with Gasteiger partial charge in [-0.15, -0.1) is 23.2 Å². The molecule has 174 valence electrons. The molecule has 1 aromatic carbocycles. The first kappa shape index (κ1) is 23.6. The van der Waals surface area contributed by atoms with Gasteiger partial charge in [-0.05, 0) is 31.0 Å². The quantitative estimate of drug-likeness (QED) is 0.445. The average molecular weight is 488 g/mol. The number of halogens is 2. The van der Waals surface area contributed by atoms with E-state index in [-0.39, 0.29) is 6.10 Å². The molecule has 3 aromatic rings. The SMILES string of the molecule is N#Cc1cnn2c(Nc3cccc(N(CCCl)CCCl)c3)cc(CN3CCC(O)CC3)nc12. The highest BCUT2D eigenvalue weighted by atomic mass is 35.5. The molecule has 0 radical (unpaired) electrons. The summed E-state index contributed by atoms with van der Waals surface area (Å²) in [5, 5.41) is 27.1. The second-order valence-electron chi connectivity index (χ2n) is 8.09. The Balaban J connectivity index is 1.63. The number of likely N-dealkylation sites (tertiary alicyclic amines) is 1. The summed E-state index contributed by atoms with van der Waals surface area (Å²) in [4.78, 5) is 9.13. The topological polar surface area (TPSA) is 92.7 Å². The zero-order valence-electron chi connectivity index (χ0n) is 18.3. The fourth-order valence-corrected chi connectivity index (χ4v) is 4.48. The molecular weight excluding hydrogens is 461 g/mol. The lowest BCUT2D eigenvalue weighted by molar-refractivity contribution is 0.0787. The van der Waals surface area contributed by atoms with Gasteiger partial charge in [0.2, 0.25) is 0 Å². The summed E-state index contributed by atoms with van der Waals surface area (Å²) in [5.74, 6) is 1.76. The van der Waals surface area contributed by atoms with Crippen LogP contribution in [0.1, 0.15) is 24.1 Å². The maximum Gasteiger partial charge on any atom is 0.175 e. The van der Waals surface area contributed by atoms with Gasteiger partial charge in [0.05, 0.1) is 18.0 Å². The van der Waals surface area contributed by atoms with Crippen LogP contribution in [0.4, 0.5) is 17.2 Å². The van der Waals surface area contributed by atoms with Crippen molar-refractivity contribution in [2.45, 2.75) is 25.5 Å².